The summed E-state index contributed by atoms with van der Waals surface area (Å²) >= 11 is 0. The molecular formula is C10H17NO4. The van der Waals surface area contributed by atoms with Crippen molar-refractivity contribution in [2.75, 3.05) is 19.8 Å². The van der Waals surface area contributed by atoms with Gasteiger partial charge in [0, 0.05) is 19.6 Å². The molecule has 86 valence electrons. The predicted molar refractivity (Wildman–Crippen MR) is 53.2 cm³/mol. The van der Waals surface area contributed by atoms with Crippen molar-refractivity contribution in [1.82, 2.24) is 5.32 Å². The Morgan fingerprint density at radius 3 is 2.73 bits per heavy atom. The molecule has 0 spiro atoms. The van der Waals surface area contributed by atoms with E-state index in [-0.39, 0.29) is 30.8 Å². The molecule has 0 aliphatic carbocycles. The van der Waals surface area contributed by atoms with Crippen LogP contribution in [0, 0.1) is 0 Å². The van der Waals surface area contributed by atoms with Crippen molar-refractivity contribution in [2.24, 2.45) is 0 Å². The van der Waals surface area contributed by atoms with Crippen LogP contribution in [-0.2, 0) is 19.1 Å². The second-order valence-corrected chi connectivity index (χ2v) is 3.39. The lowest BCUT2D eigenvalue weighted by Gasteiger charge is -2.26. The summed E-state index contributed by atoms with van der Waals surface area (Å²) in [5.74, 6) is -0.453. The highest BCUT2D eigenvalue weighted by Crippen LogP contribution is 2.08. The maximum atomic E-state index is 11.2. The van der Waals surface area contributed by atoms with Gasteiger partial charge in [-0.05, 0) is 13.3 Å². The molecule has 0 radical (unpaired) electrons. The molecule has 1 rings (SSSR count). The molecule has 0 saturated carbocycles. The van der Waals surface area contributed by atoms with Crippen LogP contribution in [0.1, 0.15) is 26.2 Å². The Kier molecular flexibility index (Phi) is 5.10. The van der Waals surface area contributed by atoms with E-state index in [0.29, 0.717) is 13.2 Å². The van der Waals surface area contributed by atoms with Crippen LogP contribution in [0.3, 0.4) is 0 Å². The third kappa shape index (κ3) is 4.78. The van der Waals surface area contributed by atoms with Crippen LogP contribution >= 0.6 is 0 Å². The Labute approximate surface area is 89.1 Å². The second-order valence-electron chi connectivity index (χ2n) is 3.39. The summed E-state index contributed by atoms with van der Waals surface area (Å²) in [4.78, 5) is 22.1. The van der Waals surface area contributed by atoms with E-state index >= 15 is 0 Å². The smallest absolute Gasteiger partial charge is 0.306 e. The molecule has 1 fully saturated rings. The molecule has 1 saturated heterocycles. The van der Waals surface area contributed by atoms with E-state index in [2.05, 4.69) is 5.32 Å². The number of ether oxygens (including phenoxy) is 2. The van der Waals surface area contributed by atoms with E-state index in [1.54, 1.807) is 6.92 Å². The minimum Gasteiger partial charge on any atom is -0.466 e. The number of rotatable bonds is 6. The molecule has 1 amide bonds. The van der Waals surface area contributed by atoms with Crippen molar-refractivity contribution in [1.29, 1.82) is 0 Å². The standard InChI is InChI=1S/C10H17NO4/c1-2-14-10(13)4-3-9(12)11-7-8-5-6-15-8/h8H,2-7H2,1H3,(H,11,12). The van der Waals surface area contributed by atoms with Crippen LogP contribution in [0.4, 0.5) is 0 Å². The molecule has 1 atom stereocenters. The van der Waals surface area contributed by atoms with Gasteiger partial charge in [0.05, 0.1) is 19.1 Å². The molecule has 5 nitrogen and oxygen atoms in total. The molecule has 15 heavy (non-hydrogen) atoms. The summed E-state index contributed by atoms with van der Waals surface area (Å²) in [5, 5.41) is 2.71. The average molecular weight is 215 g/mol. The Bertz CT molecular complexity index is 225. The van der Waals surface area contributed by atoms with Crippen molar-refractivity contribution in [3.63, 3.8) is 0 Å². The first-order valence-electron chi connectivity index (χ1n) is 5.26. The zero-order chi connectivity index (χ0) is 11.1. The molecule has 1 aliphatic heterocycles. The number of carbonyl (C=O) groups excluding carboxylic acids is 2. The largest absolute Gasteiger partial charge is 0.466 e. The Morgan fingerprint density at radius 1 is 1.47 bits per heavy atom. The quantitative estimate of drug-likeness (QED) is 0.644. The van der Waals surface area contributed by atoms with Crippen LogP contribution in [0.25, 0.3) is 0 Å². The van der Waals surface area contributed by atoms with Crippen molar-refractivity contribution in [3.8, 4) is 0 Å². The van der Waals surface area contributed by atoms with Gasteiger partial charge in [-0.1, -0.05) is 0 Å². The van der Waals surface area contributed by atoms with Crippen molar-refractivity contribution in [3.05, 3.63) is 0 Å². The number of hydrogen-bond donors (Lipinski definition) is 1. The van der Waals surface area contributed by atoms with Gasteiger partial charge in [0.25, 0.3) is 0 Å². The summed E-state index contributed by atoms with van der Waals surface area (Å²) in [7, 11) is 0. The number of carbonyl (C=O) groups is 2. The minimum atomic E-state index is -0.326. The zero-order valence-electron chi connectivity index (χ0n) is 8.95. The van der Waals surface area contributed by atoms with Crippen molar-refractivity contribution in [2.45, 2.75) is 32.3 Å². The molecule has 1 heterocycles. The fraction of sp³-hybridized carbons (Fsp3) is 0.800. The van der Waals surface area contributed by atoms with Gasteiger partial charge in [-0.2, -0.15) is 0 Å². The normalized spacial score (nSPS) is 19.1. The first-order valence-corrected chi connectivity index (χ1v) is 5.26. The van der Waals surface area contributed by atoms with Crippen LogP contribution in [0.15, 0.2) is 0 Å². The number of hydrogen-bond acceptors (Lipinski definition) is 4. The fourth-order valence-electron chi connectivity index (χ4n) is 1.21. The molecule has 1 unspecified atom stereocenters. The third-order valence-corrected chi connectivity index (χ3v) is 2.18. The van der Waals surface area contributed by atoms with E-state index in [1.165, 1.54) is 0 Å². The van der Waals surface area contributed by atoms with Crippen LogP contribution in [-0.4, -0.2) is 37.7 Å². The number of esters is 1. The number of nitrogens with one attached hydrogen (secondary N) is 1. The van der Waals surface area contributed by atoms with Crippen LogP contribution < -0.4 is 5.32 Å². The topological polar surface area (TPSA) is 64.6 Å². The molecule has 1 aliphatic rings. The Morgan fingerprint density at radius 2 is 2.20 bits per heavy atom. The molecule has 0 aromatic heterocycles. The summed E-state index contributed by atoms with van der Waals surface area (Å²) in [5.41, 5.74) is 0. The summed E-state index contributed by atoms with van der Waals surface area (Å²) in [6.45, 7) is 3.42. The number of amides is 1. The van der Waals surface area contributed by atoms with Gasteiger partial charge in [-0.15, -0.1) is 0 Å². The van der Waals surface area contributed by atoms with Gasteiger partial charge in [0.2, 0.25) is 5.91 Å². The van der Waals surface area contributed by atoms with E-state index in [4.69, 9.17) is 9.47 Å². The molecular weight excluding hydrogens is 198 g/mol. The Hall–Kier alpha value is -1.10. The van der Waals surface area contributed by atoms with Crippen LogP contribution in [0.2, 0.25) is 0 Å². The minimum absolute atomic E-state index is 0.126. The fourth-order valence-corrected chi connectivity index (χ4v) is 1.21. The van der Waals surface area contributed by atoms with Crippen molar-refractivity contribution >= 4 is 11.9 Å². The summed E-state index contributed by atoms with van der Waals surface area (Å²) < 4.78 is 9.85. The molecule has 0 bridgehead atoms. The lowest BCUT2D eigenvalue weighted by atomic mass is 10.2. The monoisotopic (exact) mass is 215 g/mol. The van der Waals surface area contributed by atoms with Crippen LogP contribution in [0.5, 0.6) is 0 Å². The van der Waals surface area contributed by atoms with Gasteiger partial charge in [-0.3, -0.25) is 9.59 Å². The van der Waals surface area contributed by atoms with Gasteiger partial charge < -0.3 is 14.8 Å². The van der Waals surface area contributed by atoms with Crippen molar-refractivity contribution < 1.29 is 19.1 Å². The lowest BCUT2D eigenvalue weighted by molar-refractivity contribution is -0.144. The van der Waals surface area contributed by atoms with Gasteiger partial charge in [0.15, 0.2) is 0 Å². The third-order valence-electron chi connectivity index (χ3n) is 2.18. The van der Waals surface area contributed by atoms with Gasteiger partial charge in [0.1, 0.15) is 0 Å². The highest BCUT2D eigenvalue weighted by molar-refractivity contribution is 5.81. The molecule has 1 N–H and O–H groups in total. The summed E-state index contributed by atoms with van der Waals surface area (Å²) in [6.07, 6.45) is 1.49. The molecule has 5 heteroatoms. The summed E-state index contributed by atoms with van der Waals surface area (Å²) in [6, 6.07) is 0. The van der Waals surface area contributed by atoms with E-state index in [9.17, 15) is 9.59 Å². The predicted octanol–water partition coefficient (Wildman–Crippen LogP) is 0.235. The maximum Gasteiger partial charge on any atom is 0.306 e. The highest BCUT2D eigenvalue weighted by atomic mass is 16.5. The lowest BCUT2D eigenvalue weighted by Crippen LogP contribution is -2.39. The molecule has 0 aromatic rings. The SMILES string of the molecule is CCOC(=O)CCC(=O)NCC1CCO1. The van der Waals surface area contributed by atoms with E-state index in [0.717, 1.165) is 13.0 Å². The van der Waals surface area contributed by atoms with E-state index < -0.39 is 0 Å². The second kappa shape index (κ2) is 6.40. The van der Waals surface area contributed by atoms with E-state index in [1.807, 2.05) is 0 Å². The zero-order valence-corrected chi connectivity index (χ0v) is 8.95. The van der Waals surface area contributed by atoms with Gasteiger partial charge >= 0.3 is 5.97 Å². The van der Waals surface area contributed by atoms with Gasteiger partial charge in [-0.25, -0.2) is 0 Å². The highest BCUT2D eigenvalue weighted by Gasteiger charge is 2.18. The Balaban J connectivity index is 1.99. The maximum absolute atomic E-state index is 11.2. The first-order chi connectivity index (χ1) is 7.22. The average Bonchev–Trinajstić information content (AvgIpc) is 2.13. The first kappa shape index (κ1) is 12.0. The molecule has 0 aromatic carbocycles.